The van der Waals surface area contributed by atoms with Crippen LogP contribution in [0, 0.1) is 6.92 Å². The van der Waals surface area contributed by atoms with Crippen molar-refractivity contribution in [3.63, 3.8) is 0 Å². The first-order valence-corrected chi connectivity index (χ1v) is 8.75. The van der Waals surface area contributed by atoms with Crippen molar-refractivity contribution in [2.75, 3.05) is 26.3 Å². The number of nitrogens with one attached hydrogen (secondary N) is 2. The van der Waals surface area contributed by atoms with Crippen molar-refractivity contribution in [2.45, 2.75) is 19.3 Å². The highest BCUT2D eigenvalue weighted by Gasteiger charge is 2.23. The van der Waals surface area contributed by atoms with E-state index in [2.05, 4.69) is 15.6 Å². The Balaban J connectivity index is 1.55. The Labute approximate surface area is 155 Å². The Hall–Kier alpha value is -3.00. The maximum Gasteiger partial charge on any atom is 0.349 e. The van der Waals surface area contributed by atoms with Gasteiger partial charge in [0.05, 0.1) is 12.2 Å². The van der Waals surface area contributed by atoms with Crippen LogP contribution in [0.1, 0.15) is 44.4 Å². The summed E-state index contributed by atoms with van der Waals surface area (Å²) in [6.45, 7) is 3.27. The molecule has 0 aromatic carbocycles. The number of amides is 2. The van der Waals surface area contributed by atoms with Gasteiger partial charge in [-0.25, -0.2) is 4.79 Å². The van der Waals surface area contributed by atoms with E-state index < -0.39 is 11.5 Å². The summed E-state index contributed by atoms with van der Waals surface area (Å²) < 4.78 is 10.6. The summed E-state index contributed by atoms with van der Waals surface area (Å²) >= 11 is 0. The van der Waals surface area contributed by atoms with Crippen molar-refractivity contribution in [2.24, 2.45) is 0 Å². The standard InChI is InChI=1S/C19H21N3O5/c1-12-9-15(14-4-8-26-11-14)27-19(25)16(12)18(24)22-7-6-21-17(23)13-3-2-5-20-10-13/h2-3,5,9-10,14H,4,6-8,11H2,1H3,(H,21,23)(H,22,24). The number of pyridine rings is 1. The van der Waals surface area contributed by atoms with Gasteiger partial charge in [-0.1, -0.05) is 0 Å². The highest BCUT2D eigenvalue weighted by Crippen LogP contribution is 2.25. The Bertz CT molecular complexity index is 873. The average Bonchev–Trinajstić information content (AvgIpc) is 3.20. The monoisotopic (exact) mass is 371 g/mol. The molecule has 3 heterocycles. The number of carbonyl (C=O) groups is 2. The predicted octanol–water partition coefficient (Wildman–Crippen LogP) is 1.01. The fraction of sp³-hybridized carbons (Fsp3) is 0.368. The maximum atomic E-state index is 12.3. The number of aromatic nitrogens is 1. The zero-order valence-corrected chi connectivity index (χ0v) is 15.0. The topological polar surface area (TPSA) is 111 Å². The summed E-state index contributed by atoms with van der Waals surface area (Å²) in [5.41, 5.74) is 0.321. The second kappa shape index (κ2) is 8.59. The fourth-order valence-corrected chi connectivity index (χ4v) is 2.91. The van der Waals surface area contributed by atoms with Gasteiger partial charge in [0, 0.05) is 38.0 Å². The van der Waals surface area contributed by atoms with Crippen molar-refractivity contribution in [3.05, 3.63) is 63.5 Å². The molecule has 0 saturated carbocycles. The Morgan fingerprint density at radius 2 is 2.04 bits per heavy atom. The molecule has 2 N–H and O–H groups in total. The Morgan fingerprint density at radius 1 is 1.26 bits per heavy atom. The van der Waals surface area contributed by atoms with E-state index in [0.717, 1.165) is 6.42 Å². The number of hydrogen-bond acceptors (Lipinski definition) is 6. The normalized spacial score (nSPS) is 16.1. The molecule has 1 atom stereocenters. The Kier molecular flexibility index (Phi) is 5.97. The number of hydrogen-bond donors (Lipinski definition) is 2. The summed E-state index contributed by atoms with van der Waals surface area (Å²) in [4.78, 5) is 40.3. The van der Waals surface area contributed by atoms with E-state index in [1.807, 2.05) is 0 Å². The minimum Gasteiger partial charge on any atom is -0.427 e. The number of aryl methyl sites for hydroxylation is 1. The van der Waals surface area contributed by atoms with Gasteiger partial charge in [-0.3, -0.25) is 14.6 Å². The lowest BCUT2D eigenvalue weighted by Gasteiger charge is -2.11. The molecule has 0 spiro atoms. The minimum absolute atomic E-state index is 0.0174. The second-order valence-electron chi connectivity index (χ2n) is 6.31. The van der Waals surface area contributed by atoms with Gasteiger partial charge in [-0.2, -0.15) is 0 Å². The van der Waals surface area contributed by atoms with Crippen LogP contribution in [-0.2, 0) is 4.74 Å². The molecular formula is C19H21N3O5. The molecule has 27 heavy (non-hydrogen) atoms. The van der Waals surface area contributed by atoms with Gasteiger partial charge >= 0.3 is 5.63 Å². The molecule has 1 aliphatic heterocycles. The van der Waals surface area contributed by atoms with Crippen molar-refractivity contribution in [3.8, 4) is 0 Å². The molecule has 1 aliphatic rings. The molecule has 1 unspecified atom stereocenters. The van der Waals surface area contributed by atoms with Gasteiger partial charge in [0.2, 0.25) is 0 Å². The zero-order chi connectivity index (χ0) is 19.2. The lowest BCUT2D eigenvalue weighted by molar-refractivity contribution is 0.0924. The predicted molar refractivity (Wildman–Crippen MR) is 96.8 cm³/mol. The fourth-order valence-electron chi connectivity index (χ4n) is 2.91. The second-order valence-corrected chi connectivity index (χ2v) is 6.31. The van der Waals surface area contributed by atoms with Gasteiger partial charge in [0.15, 0.2) is 0 Å². The van der Waals surface area contributed by atoms with Crippen LogP contribution in [0.25, 0.3) is 0 Å². The van der Waals surface area contributed by atoms with E-state index in [1.165, 1.54) is 6.20 Å². The van der Waals surface area contributed by atoms with E-state index in [-0.39, 0.29) is 30.5 Å². The highest BCUT2D eigenvalue weighted by molar-refractivity contribution is 5.95. The van der Waals surface area contributed by atoms with Crippen LogP contribution in [0.15, 0.2) is 39.8 Å². The molecule has 8 nitrogen and oxygen atoms in total. The van der Waals surface area contributed by atoms with Crippen LogP contribution >= 0.6 is 0 Å². The number of carbonyl (C=O) groups excluding carboxylic acids is 2. The van der Waals surface area contributed by atoms with Crippen LogP contribution in [-0.4, -0.2) is 43.1 Å². The number of nitrogens with zero attached hydrogens (tertiary/aromatic N) is 1. The number of rotatable bonds is 6. The van der Waals surface area contributed by atoms with Gasteiger partial charge in [-0.15, -0.1) is 0 Å². The summed E-state index contributed by atoms with van der Waals surface area (Å²) in [7, 11) is 0. The summed E-state index contributed by atoms with van der Waals surface area (Å²) in [5.74, 6) is -0.200. The summed E-state index contributed by atoms with van der Waals surface area (Å²) in [6, 6.07) is 5.03. The highest BCUT2D eigenvalue weighted by atomic mass is 16.5. The lowest BCUT2D eigenvalue weighted by Crippen LogP contribution is -2.36. The van der Waals surface area contributed by atoms with Crippen molar-refractivity contribution in [1.29, 1.82) is 0 Å². The van der Waals surface area contributed by atoms with Crippen molar-refractivity contribution in [1.82, 2.24) is 15.6 Å². The summed E-state index contributed by atoms with van der Waals surface area (Å²) in [6.07, 6.45) is 3.83. The third-order valence-electron chi connectivity index (χ3n) is 4.35. The first-order valence-electron chi connectivity index (χ1n) is 8.75. The van der Waals surface area contributed by atoms with Crippen molar-refractivity contribution >= 4 is 11.8 Å². The molecule has 2 aromatic heterocycles. The Morgan fingerprint density at radius 3 is 2.67 bits per heavy atom. The van der Waals surface area contributed by atoms with E-state index in [4.69, 9.17) is 9.15 Å². The molecule has 3 rings (SSSR count). The molecule has 8 heteroatoms. The molecule has 2 amide bonds. The summed E-state index contributed by atoms with van der Waals surface area (Å²) in [5, 5.41) is 5.29. The van der Waals surface area contributed by atoms with Gasteiger partial charge in [0.1, 0.15) is 11.3 Å². The van der Waals surface area contributed by atoms with E-state index in [9.17, 15) is 14.4 Å². The van der Waals surface area contributed by atoms with Gasteiger partial charge in [0.25, 0.3) is 11.8 Å². The van der Waals surface area contributed by atoms with Gasteiger partial charge in [-0.05, 0) is 37.1 Å². The quantitative estimate of drug-likeness (QED) is 0.733. The third-order valence-corrected chi connectivity index (χ3v) is 4.35. The smallest absolute Gasteiger partial charge is 0.349 e. The maximum absolute atomic E-state index is 12.3. The molecule has 0 aliphatic carbocycles. The molecular weight excluding hydrogens is 350 g/mol. The van der Waals surface area contributed by atoms with Crippen LogP contribution in [0.2, 0.25) is 0 Å². The molecule has 142 valence electrons. The largest absolute Gasteiger partial charge is 0.427 e. The third kappa shape index (κ3) is 4.59. The van der Waals surface area contributed by atoms with Crippen LogP contribution in [0.5, 0.6) is 0 Å². The minimum atomic E-state index is -0.659. The van der Waals surface area contributed by atoms with E-state index >= 15 is 0 Å². The van der Waals surface area contributed by atoms with E-state index in [0.29, 0.717) is 30.1 Å². The lowest BCUT2D eigenvalue weighted by atomic mass is 10.0. The molecule has 1 saturated heterocycles. The molecule has 1 fully saturated rings. The molecule has 0 bridgehead atoms. The van der Waals surface area contributed by atoms with E-state index in [1.54, 1.807) is 31.3 Å². The number of ether oxygens (including phenoxy) is 1. The van der Waals surface area contributed by atoms with Gasteiger partial charge < -0.3 is 19.8 Å². The first-order chi connectivity index (χ1) is 13.1. The average molecular weight is 371 g/mol. The molecule has 2 aromatic rings. The van der Waals surface area contributed by atoms with Crippen LogP contribution in [0.4, 0.5) is 0 Å². The van der Waals surface area contributed by atoms with Crippen LogP contribution in [0.3, 0.4) is 0 Å². The first kappa shape index (κ1) is 18.8. The molecule has 0 radical (unpaired) electrons. The van der Waals surface area contributed by atoms with Crippen molar-refractivity contribution < 1.29 is 18.7 Å². The SMILES string of the molecule is Cc1cc(C2CCOC2)oc(=O)c1C(=O)NCCNC(=O)c1cccnc1. The van der Waals surface area contributed by atoms with Crippen LogP contribution < -0.4 is 16.3 Å². The zero-order valence-electron chi connectivity index (χ0n) is 15.0.